The molecule has 19 heavy (non-hydrogen) atoms. The lowest BCUT2D eigenvalue weighted by Crippen LogP contribution is -2.41. The first-order valence-corrected chi connectivity index (χ1v) is 9.48. The van der Waals surface area contributed by atoms with E-state index < -0.39 is 20.8 Å². The van der Waals surface area contributed by atoms with Crippen LogP contribution in [0, 0.1) is 0 Å². The smallest absolute Gasteiger partial charge is 0.244 e. The quantitative estimate of drug-likeness (QED) is 0.788. The summed E-state index contributed by atoms with van der Waals surface area (Å²) in [6, 6.07) is 4.73. The molecule has 0 amide bonds. The fourth-order valence-electron chi connectivity index (χ4n) is 1.83. The molecule has 1 saturated heterocycles. The highest BCUT2D eigenvalue weighted by Gasteiger charge is 2.29. The van der Waals surface area contributed by atoms with Gasteiger partial charge in [0.1, 0.15) is 4.90 Å². The zero-order chi connectivity index (χ0) is 14.0. The lowest BCUT2D eigenvalue weighted by atomic mass is 10.2. The van der Waals surface area contributed by atoms with Gasteiger partial charge in [-0.05, 0) is 17.7 Å². The Morgan fingerprint density at radius 3 is 2.47 bits per heavy atom. The van der Waals surface area contributed by atoms with Crippen molar-refractivity contribution in [3.63, 3.8) is 0 Å². The zero-order valence-corrected chi connectivity index (χ0v) is 13.2. The van der Waals surface area contributed by atoms with Crippen LogP contribution >= 0.6 is 23.2 Å². The largest absolute Gasteiger partial charge is 0.259 e. The van der Waals surface area contributed by atoms with Crippen LogP contribution in [-0.2, 0) is 26.7 Å². The Labute approximate surface area is 125 Å². The maximum atomic E-state index is 12.5. The number of hydrogen-bond donors (Lipinski definition) is 0. The van der Waals surface area contributed by atoms with E-state index in [1.54, 1.807) is 6.07 Å². The third-order valence-electron chi connectivity index (χ3n) is 2.90. The second kappa shape index (κ2) is 6.10. The highest BCUT2D eigenvalue weighted by molar-refractivity contribution is 7.89. The van der Waals surface area contributed by atoms with E-state index in [4.69, 9.17) is 23.2 Å². The molecule has 0 aliphatic carbocycles. The molecule has 0 radical (unpaired) electrons. The topological polar surface area (TPSA) is 54.5 Å². The minimum Gasteiger partial charge on any atom is -0.259 e. The van der Waals surface area contributed by atoms with Crippen molar-refractivity contribution in [2.24, 2.45) is 0 Å². The Kier molecular flexibility index (Phi) is 4.89. The summed E-state index contributed by atoms with van der Waals surface area (Å²) in [6.45, 7) is 0.521. The Morgan fingerprint density at radius 2 is 1.89 bits per heavy atom. The standard InChI is InChI=1S/C11H13Cl2NO3S2/c12-8-9-1-2-10(13)11(7-9)19(16,17)14-3-5-18(15)6-4-14/h1-2,7H,3-6,8H2. The molecule has 106 valence electrons. The van der Waals surface area contributed by atoms with Gasteiger partial charge in [0.15, 0.2) is 0 Å². The molecule has 8 heteroatoms. The van der Waals surface area contributed by atoms with E-state index >= 15 is 0 Å². The molecule has 2 rings (SSSR count). The van der Waals surface area contributed by atoms with Gasteiger partial charge in [-0.25, -0.2) is 8.42 Å². The molecule has 1 aromatic carbocycles. The van der Waals surface area contributed by atoms with E-state index in [1.807, 2.05) is 0 Å². The van der Waals surface area contributed by atoms with Crippen molar-refractivity contribution < 1.29 is 12.6 Å². The van der Waals surface area contributed by atoms with Gasteiger partial charge in [-0.15, -0.1) is 11.6 Å². The highest BCUT2D eigenvalue weighted by Crippen LogP contribution is 2.27. The van der Waals surface area contributed by atoms with Crippen molar-refractivity contribution in [2.45, 2.75) is 10.8 Å². The summed E-state index contributed by atoms with van der Waals surface area (Å²) in [5, 5.41) is 0.181. The van der Waals surface area contributed by atoms with E-state index in [0.717, 1.165) is 0 Å². The molecule has 4 nitrogen and oxygen atoms in total. The summed E-state index contributed by atoms with van der Waals surface area (Å²) in [5.41, 5.74) is 0.699. The number of hydrogen-bond acceptors (Lipinski definition) is 3. The number of nitrogens with zero attached hydrogens (tertiary/aromatic N) is 1. The van der Waals surface area contributed by atoms with Crippen LogP contribution in [0.1, 0.15) is 5.56 Å². The van der Waals surface area contributed by atoms with Gasteiger partial charge in [0.25, 0.3) is 0 Å². The maximum Gasteiger partial charge on any atom is 0.244 e. The minimum absolute atomic E-state index is 0.0694. The SMILES string of the molecule is O=S1CCN(S(=O)(=O)c2cc(CCl)ccc2Cl)CC1. The molecule has 0 N–H and O–H groups in total. The zero-order valence-electron chi connectivity index (χ0n) is 10.0. The van der Waals surface area contributed by atoms with Crippen molar-refractivity contribution in [1.82, 2.24) is 4.31 Å². The fourth-order valence-corrected chi connectivity index (χ4v) is 5.24. The van der Waals surface area contributed by atoms with E-state index in [-0.39, 0.29) is 28.9 Å². The molecular formula is C11H13Cl2NO3S2. The molecule has 0 aromatic heterocycles. The number of sulfonamides is 1. The number of halogens is 2. The summed E-state index contributed by atoms with van der Waals surface area (Å²) in [5.74, 6) is 0.960. The molecular weight excluding hydrogens is 329 g/mol. The molecule has 1 heterocycles. The average Bonchev–Trinajstić information content (AvgIpc) is 2.39. The van der Waals surface area contributed by atoms with E-state index in [1.165, 1.54) is 16.4 Å². The van der Waals surface area contributed by atoms with Crippen LogP contribution in [0.15, 0.2) is 23.1 Å². The maximum absolute atomic E-state index is 12.5. The summed E-state index contributed by atoms with van der Waals surface area (Å²) in [4.78, 5) is 0.0694. The summed E-state index contributed by atoms with van der Waals surface area (Å²) < 4.78 is 37.6. The van der Waals surface area contributed by atoms with Gasteiger partial charge in [0.05, 0.1) is 5.02 Å². The molecule has 0 bridgehead atoms. The predicted molar refractivity (Wildman–Crippen MR) is 77.6 cm³/mol. The Morgan fingerprint density at radius 1 is 1.26 bits per heavy atom. The molecule has 0 spiro atoms. The predicted octanol–water partition coefficient (Wildman–Crippen LogP) is 1.83. The highest BCUT2D eigenvalue weighted by atomic mass is 35.5. The van der Waals surface area contributed by atoms with Gasteiger partial charge in [0.2, 0.25) is 10.0 Å². The summed E-state index contributed by atoms with van der Waals surface area (Å²) in [7, 11) is -4.56. The van der Waals surface area contributed by atoms with Gasteiger partial charge in [-0.3, -0.25) is 4.21 Å². The Bertz CT molecular complexity index is 594. The van der Waals surface area contributed by atoms with Crippen LogP contribution in [0.5, 0.6) is 0 Å². The van der Waals surface area contributed by atoms with Crippen LogP contribution in [0.2, 0.25) is 5.02 Å². The van der Waals surface area contributed by atoms with Gasteiger partial charge in [-0.2, -0.15) is 4.31 Å². The van der Waals surface area contributed by atoms with Gasteiger partial charge in [-0.1, -0.05) is 17.7 Å². The normalized spacial score (nSPS) is 18.6. The van der Waals surface area contributed by atoms with E-state index in [2.05, 4.69) is 0 Å². The number of benzene rings is 1. The first kappa shape index (κ1) is 15.3. The average molecular weight is 342 g/mol. The summed E-state index contributed by atoms with van der Waals surface area (Å²) >= 11 is 11.7. The second-order valence-corrected chi connectivity index (χ2v) is 8.43. The van der Waals surface area contributed by atoms with E-state index in [9.17, 15) is 12.6 Å². The molecule has 1 aromatic rings. The molecule has 1 aliphatic heterocycles. The first-order chi connectivity index (χ1) is 8.95. The van der Waals surface area contributed by atoms with E-state index in [0.29, 0.717) is 17.1 Å². The minimum atomic E-state index is -3.64. The van der Waals surface area contributed by atoms with Crippen molar-refractivity contribution in [3.8, 4) is 0 Å². The van der Waals surface area contributed by atoms with Crippen molar-refractivity contribution in [1.29, 1.82) is 0 Å². The molecule has 0 saturated carbocycles. The van der Waals surface area contributed by atoms with Crippen molar-refractivity contribution in [3.05, 3.63) is 28.8 Å². The molecule has 1 fully saturated rings. The number of rotatable bonds is 3. The Balaban J connectivity index is 2.36. The Hall–Kier alpha value is -0.140. The van der Waals surface area contributed by atoms with Crippen molar-refractivity contribution in [2.75, 3.05) is 24.6 Å². The summed E-state index contributed by atoms with van der Waals surface area (Å²) in [6.07, 6.45) is 0. The molecule has 0 atom stereocenters. The molecule has 1 aliphatic rings. The lowest BCUT2D eigenvalue weighted by Gasteiger charge is -2.26. The van der Waals surface area contributed by atoms with Crippen LogP contribution in [0.3, 0.4) is 0 Å². The third kappa shape index (κ3) is 3.31. The van der Waals surface area contributed by atoms with Crippen LogP contribution in [-0.4, -0.2) is 41.5 Å². The van der Waals surface area contributed by atoms with Crippen LogP contribution in [0.25, 0.3) is 0 Å². The monoisotopic (exact) mass is 341 g/mol. The van der Waals surface area contributed by atoms with Crippen LogP contribution in [0.4, 0.5) is 0 Å². The third-order valence-corrected chi connectivity index (χ3v) is 6.87. The fraction of sp³-hybridized carbons (Fsp3) is 0.455. The van der Waals surface area contributed by atoms with Crippen LogP contribution < -0.4 is 0 Å². The molecule has 0 unspecified atom stereocenters. The van der Waals surface area contributed by atoms with Gasteiger partial charge < -0.3 is 0 Å². The number of alkyl halides is 1. The van der Waals surface area contributed by atoms with Crippen molar-refractivity contribution >= 4 is 44.0 Å². The first-order valence-electron chi connectivity index (χ1n) is 5.64. The van der Waals surface area contributed by atoms with Gasteiger partial charge in [0, 0.05) is 41.3 Å². The lowest BCUT2D eigenvalue weighted by molar-refractivity contribution is 0.438. The second-order valence-electron chi connectivity index (χ2n) is 4.15. The van der Waals surface area contributed by atoms with Gasteiger partial charge >= 0.3 is 0 Å².